The summed E-state index contributed by atoms with van der Waals surface area (Å²) < 4.78 is 0. The molecule has 4 nitrogen and oxygen atoms in total. The smallest absolute Gasteiger partial charge is 0.237 e. The van der Waals surface area contributed by atoms with Crippen molar-refractivity contribution in [2.75, 3.05) is 20.6 Å². The highest BCUT2D eigenvalue weighted by Gasteiger charge is 2.13. The minimum Gasteiger partial charge on any atom is -0.355 e. The second-order valence-electron chi connectivity index (χ2n) is 4.78. The topological polar surface area (TPSA) is 45.2 Å². The van der Waals surface area contributed by atoms with E-state index in [1.54, 1.807) is 11.3 Å². The van der Waals surface area contributed by atoms with E-state index in [0.29, 0.717) is 6.54 Å². The van der Waals surface area contributed by atoms with Gasteiger partial charge in [0.2, 0.25) is 5.91 Å². The van der Waals surface area contributed by atoms with Gasteiger partial charge in [0.25, 0.3) is 0 Å². The zero-order valence-electron chi connectivity index (χ0n) is 11.9. The highest BCUT2D eigenvalue weighted by atomic mass is 32.1. The van der Waals surface area contributed by atoms with Crippen LogP contribution in [0.15, 0.2) is 0 Å². The first kappa shape index (κ1) is 15.1. The predicted molar refractivity (Wildman–Crippen MR) is 76.1 cm³/mol. The van der Waals surface area contributed by atoms with E-state index < -0.39 is 0 Å². The van der Waals surface area contributed by atoms with Crippen molar-refractivity contribution in [1.29, 1.82) is 0 Å². The standard InChI is InChI=1S/C13H23N3OS/c1-9-11(3)18-12(15-9)7-6-8-14-13(17)10(2)16(4)5/h10H,6-8H2,1-5H3,(H,14,17). The summed E-state index contributed by atoms with van der Waals surface area (Å²) in [6, 6.07) is -0.0747. The summed E-state index contributed by atoms with van der Waals surface area (Å²) in [6.07, 6.45) is 1.88. The average Bonchev–Trinajstić information content (AvgIpc) is 2.63. The van der Waals surface area contributed by atoms with Gasteiger partial charge in [-0.1, -0.05) is 0 Å². The molecule has 0 saturated heterocycles. The number of hydrogen-bond acceptors (Lipinski definition) is 4. The van der Waals surface area contributed by atoms with Crippen LogP contribution in [0.3, 0.4) is 0 Å². The molecule has 0 aromatic carbocycles. The molecule has 0 aliphatic rings. The summed E-state index contributed by atoms with van der Waals surface area (Å²) in [7, 11) is 3.82. The van der Waals surface area contributed by atoms with E-state index in [1.165, 1.54) is 9.88 Å². The molecule has 0 bridgehead atoms. The minimum absolute atomic E-state index is 0.0747. The van der Waals surface area contributed by atoms with Crippen molar-refractivity contribution in [2.24, 2.45) is 0 Å². The van der Waals surface area contributed by atoms with E-state index in [0.717, 1.165) is 18.5 Å². The number of aryl methyl sites for hydroxylation is 3. The zero-order valence-corrected chi connectivity index (χ0v) is 12.7. The summed E-state index contributed by atoms with van der Waals surface area (Å²) in [5, 5.41) is 4.12. The fourth-order valence-corrected chi connectivity index (χ4v) is 2.46. The van der Waals surface area contributed by atoms with Gasteiger partial charge in [-0.25, -0.2) is 4.98 Å². The Labute approximate surface area is 113 Å². The second-order valence-corrected chi connectivity index (χ2v) is 6.07. The van der Waals surface area contributed by atoms with Crippen molar-refractivity contribution >= 4 is 17.2 Å². The van der Waals surface area contributed by atoms with Crippen LogP contribution >= 0.6 is 11.3 Å². The number of rotatable bonds is 6. The van der Waals surface area contributed by atoms with E-state index in [9.17, 15) is 4.79 Å². The number of carbonyl (C=O) groups is 1. The largest absolute Gasteiger partial charge is 0.355 e. The van der Waals surface area contributed by atoms with Gasteiger partial charge < -0.3 is 5.32 Å². The van der Waals surface area contributed by atoms with Crippen molar-refractivity contribution in [3.8, 4) is 0 Å². The minimum atomic E-state index is -0.0747. The zero-order chi connectivity index (χ0) is 13.7. The number of aromatic nitrogens is 1. The van der Waals surface area contributed by atoms with E-state index in [1.807, 2.05) is 32.8 Å². The van der Waals surface area contributed by atoms with Crippen LogP contribution in [-0.2, 0) is 11.2 Å². The molecule has 1 rings (SSSR count). The normalized spacial score (nSPS) is 12.8. The summed E-state index contributed by atoms with van der Waals surface area (Å²) in [5.41, 5.74) is 1.13. The Balaban J connectivity index is 2.25. The molecule has 0 fully saturated rings. The molecule has 0 saturated carbocycles. The summed E-state index contributed by atoms with van der Waals surface area (Å²) in [5.74, 6) is 0.0894. The molecule has 0 aliphatic carbocycles. The molecule has 102 valence electrons. The molecule has 0 radical (unpaired) electrons. The second kappa shape index (κ2) is 6.85. The number of thiazole rings is 1. The quantitative estimate of drug-likeness (QED) is 0.800. The first-order valence-electron chi connectivity index (χ1n) is 6.29. The molecular formula is C13H23N3OS. The SMILES string of the molecule is Cc1nc(CCCNC(=O)C(C)N(C)C)sc1C. The molecular weight excluding hydrogens is 246 g/mol. The van der Waals surface area contributed by atoms with Gasteiger partial charge in [0, 0.05) is 17.8 Å². The van der Waals surface area contributed by atoms with Gasteiger partial charge in [0.05, 0.1) is 16.7 Å². The Kier molecular flexibility index (Phi) is 5.75. The summed E-state index contributed by atoms with van der Waals surface area (Å²) in [4.78, 5) is 19.4. The number of carbonyl (C=O) groups excluding carboxylic acids is 1. The van der Waals surface area contributed by atoms with Gasteiger partial charge in [0.1, 0.15) is 0 Å². The molecule has 1 unspecified atom stereocenters. The Morgan fingerprint density at radius 2 is 2.11 bits per heavy atom. The van der Waals surface area contributed by atoms with Crippen molar-refractivity contribution in [3.63, 3.8) is 0 Å². The Morgan fingerprint density at radius 3 is 2.61 bits per heavy atom. The van der Waals surface area contributed by atoms with Crippen LogP contribution in [0.4, 0.5) is 0 Å². The molecule has 18 heavy (non-hydrogen) atoms. The summed E-state index contributed by atoms with van der Waals surface area (Å²) in [6.45, 7) is 6.75. The number of nitrogens with zero attached hydrogens (tertiary/aromatic N) is 2. The molecule has 5 heteroatoms. The highest BCUT2D eigenvalue weighted by Crippen LogP contribution is 2.17. The highest BCUT2D eigenvalue weighted by molar-refractivity contribution is 7.11. The van der Waals surface area contributed by atoms with Gasteiger partial charge in [-0.05, 0) is 41.3 Å². The van der Waals surface area contributed by atoms with Crippen LogP contribution in [0, 0.1) is 13.8 Å². The van der Waals surface area contributed by atoms with E-state index in [-0.39, 0.29) is 11.9 Å². The van der Waals surface area contributed by atoms with Gasteiger partial charge in [0.15, 0.2) is 0 Å². The van der Waals surface area contributed by atoms with Crippen molar-refractivity contribution < 1.29 is 4.79 Å². The first-order valence-corrected chi connectivity index (χ1v) is 7.10. The molecule has 1 N–H and O–H groups in total. The van der Waals surface area contributed by atoms with Crippen LogP contribution in [0.25, 0.3) is 0 Å². The summed E-state index contributed by atoms with van der Waals surface area (Å²) >= 11 is 1.75. The Hall–Kier alpha value is -0.940. The van der Waals surface area contributed by atoms with E-state index >= 15 is 0 Å². The fraction of sp³-hybridized carbons (Fsp3) is 0.692. The third-order valence-electron chi connectivity index (χ3n) is 3.09. The number of nitrogens with one attached hydrogen (secondary N) is 1. The molecule has 1 aromatic heterocycles. The van der Waals surface area contributed by atoms with Crippen molar-refractivity contribution in [1.82, 2.24) is 15.2 Å². The van der Waals surface area contributed by atoms with Crippen LogP contribution < -0.4 is 5.32 Å². The van der Waals surface area contributed by atoms with Gasteiger partial charge in [-0.2, -0.15) is 0 Å². The van der Waals surface area contributed by atoms with Gasteiger partial charge in [-0.15, -0.1) is 11.3 Å². The number of likely N-dealkylation sites (N-methyl/N-ethyl adjacent to an activating group) is 1. The van der Waals surface area contributed by atoms with Crippen LogP contribution in [0.2, 0.25) is 0 Å². The lowest BCUT2D eigenvalue weighted by Crippen LogP contribution is -2.41. The third kappa shape index (κ3) is 4.38. The lowest BCUT2D eigenvalue weighted by atomic mass is 10.2. The van der Waals surface area contributed by atoms with Crippen LogP contribution in [0.1, 0.15) is 28.9 Å². The molecule has 1 heterocycles. The molecule has 1 aromatic rings. The third-order valence-corrected chi connectivity index (χ3v) is 4.23. The maximum absolute atomic E-state index is 11.7. The molecule has 0 aliphatic heterocycles. The van der Waals surface area contributed by atoms with Gasteiger partial charge >= 0.3 is 0 Å². The first-order chi connectivity index (χ1) is 8.41. The van der Waals surface area contributed by atoms with Crippen molar-refractivity contribution in [2.45, 2.75) is 39.7 Å². The molecule has 0 spiro atoms. The lowest BCUT2D eigenvalue weighted by molar-refractivity contribution is -0.124. The maximum atomic E-state index is 11.7. The Bertz CT molecular complexity index is 381. The monoisotopic (exact) mass is 269 g/mol. The van der Waals surface area contributed by atoms with Crippen LogP contribution in [-0.4, -0.2) is 42.5 Å². The lowest BCUT2D eigenvalue weighted by Gasteiger charge is -2.18. The maximum Gasteiger partial charge on any atom is 0.237 e. The predicted octanol–water partition coefficient (Wildman–Crippen LogP) is 1.76. The molecule has 1 atom stereocenters. The van der Waals surface area contributed by atoms with Crippen molar-refractivity contribution in [3.05, 3.63) is 15.6 Å². The Morgan fingerprint density at radius 1 is 1.44 bits per heavy atom. The number of amides is 1. The fourth-order valence-electron chi connectivity index (χ4n) is 1.48. The van der Waals surface area contributed by atoms with Crippen LogP contribution in [0.5, 0.6) is 0 Å². The van der Waals surface area contributed by atoms with Gasteiger partial charge in [-0.3, -0.25) is 9.69 Å². The number of hydrogen-bond donors (Lipinski definition) is 1. The molecule has 1 amide bonds. The van der Waals surface area contributed by atoms with E-state index in [4.69, 9.17) is 0 Å². The average molecular weight is 269 g/mol. The van der Waals surface area contributed by atoms with E-state index in [2.05, 4.69) is 17.2 Å².